The van der Waals surface area contributed by atoms with Crippen LogP contribution in [0.5, 0.6) is 5.88 Å². The normalized spacial score (nSPS) is 12.6. The predicted molar refractivity (Wildman–Crippen MR) is 69.1 cm³/mol. The molecule has 0 saturated heterocycles. The van der Waals surface area contributed by atoms with E-state index in [-0.39, 0.29) is 5.56 Å². The van der Waals surface area contributed by atoms with E-state index < -0.39 is 23.3 Å². The molecule has 0 aliphatic rings. The molecule has 0 aliphatic heterocycles. The Labute approximate surface area is 111 Å². The molecule has 0 radical (unpaired) electrons. The number of nitrogens with one attached hydrogen (secondary N) is 1. The second kappa shape index (κ2) is 5.69. The Morgan fingerprint density at radius 2 is 2.00 bits per heavy atom. The van der Waals surface area contributed by atoms with Gasteiger partial charge in [-0.05, 0) is 11.5 Å². The van der Waals surface area contributed by atoms with Crippen LogP contribution in [0.3, 0.4) is 0 Å². The summed E-state index contributed by atoms with van der Waals surface area (Å²) in [4.78, 5) is 27.0. The molecule has 1 aromatic heterocycles. The van der Waals surface area contributed by atoms with Gasteiger partial charge in [0.1, 0.15) is 6.04 Å². The molecule has 1 rings (SSSR count). The molecular formula is C13H18N2O4. The smallest absolute Gasteiger partial charge is 0.326 e. The molecule has 1 atom stereocenters. The van der Waals surface area contributed by atoms with Crippen LogP contribution in [0.2, 0.25) is 0 Å². The van der Waals surface area contributed by atoms with E-state index in [9.17, 15) is 9.59 Å². The van der Waals surface area contributed by atoms with Gasteiger partial charge in [-0.25, -0.2) is 9.78 Å². The number of carbonyl (C=O) groups is 2. The Hall–Kier alpha value is -2.11. The predicted octanol–water partition coefficient (Wildman–Crippen LogP) is 1.32. The van der Waals surface area contributed by atoms with Crippen molar-refractivity contribution in [3.05, 3.63) is 23.9 Å². The van der Waals surface area contributed by atoms with Crippen LogP contribution in [-0.2, 0) is 4.79 Å². The zero-order valence-corrected chi connectivity index (χ0v) is 11.4. The third-order valence-electron chi connectivity index (χ3n) is 2.60. The highest BCUT2D eigenvalue weighted by Gasteiger charge is 2.32. The van der Waals surface area contributed by atoms with E-state index >= 15 is 0 Å². The van der Waals surface area contributed by atoms with E-state index in [0.717, 1.165) is 0 Å². The molecule has 19 heavy (non-hydrogen) atoms. The molecular weight excluding hydrogens is 248 g/mol. The van der Waals surface area contributed by atoms with Gasteiger partial charge in [-0.15, -0.1) is 0 Å². The summed E-state index contributed by atoms with van der Waals surface area (Å²) < 4.78 is 4.89. The lowest BCUT2D eigenvalue weighted by molar-refractivity contribution is -0.142. The molecule has 1 amide bonds. The Morgan fingerprint density at radius 1 is 1.37 bits per heavy atom. The Kier molecular flexibility index (Phi) is 4.47. The fraction of sp³-hybridized carbons (Fsp3) is 0.462. The molecule has 1 aromatic rings. The third-order valence-corrected chi connectivity index (χ3v) is 2.60. The maximum Gasteiger partial charge on any atom is 0.326 e. The maximum atomic E-state index is 12.0. The summed E-state index contributed by atoms with van der Waals surface area (Å²) in [6, 6.07) is 2.10. The van der Waals surface area contributed by atoms with Gasteiger partial charge in [0, 0.05) is 12.3 Å². The zero-order chi connectivity index (χ0) is 14.6. The van der Waals surface area contributed by atoms with Crippen LogP contribution >= 0.6 is 0 Å². The minimum absolute atomic E-state index is 0.288. The van der Waals surface area contributed by atoms with Gasteiger partial charge in [-0.1, -0.05) is 20.8 Å². The number of aromatic nitrogens is 1. The van der Waals surface area contributed by atoms with Crippen molar-refractivity contribution in [2.75, 3.05) is 7.11 Å². The lowest BCUT2D eigenvalue weighted by atomic mass is 9.86. The third kappa shape index (κ3) is 3.94. The van der Waals surface area contributed by atoms with Crippen LogP contribution in [0, 0.1) is 5.41 Å². The van der Waals surface area contributed by atoms with Crippen LogP contribution in [0.25, 0.3) is 0 Å². The molecule has 0 saturated carbocycles. The average molecular weight is 266 g/mol. The molecule has 0 bridgehead atoms. The van der Waals surface area contributed by atoms with E-state index in [1.807, 2.05) is 0 Å². The average Bonchev–Trinajstić information content (AvgIpc) is 2.34. The summed E-state index contributed by atoms with van der Waals surface area (Å²) >= 11 is 0. The van der Waals surface area contributed by atoms with Crippen LogP contribution in [0.1, 0.15) is 31.1 Å². The number of rotatable bonds is 4. The molecule has 6 heteroatoms. The summed E-state index contributed by atoms with van der Waals surface area (Å²) in [5.74, 6) is -1.15. The number of ether oxygens (including phenoxy) is 1. The highest BCUT2D eigenvalue weighted by Crippen LogP contribution is 2.20. The van der Waals surface area contributed by atoms with Crippen molar-refractivity contribution in [1.82, 2.24) is 10.3 Å². The van der Waals surface area contributed by atoms with Gasteiger partial charge in [0.2, 0.25) is 5.88 Å². The van der Waals surface area contributed by atoms with Crippen LogP contribution in [-0.4, -0.2) is 35.1 Å². The first-order valence-corrected chi connectivity index (χ1v) is 5.79. The van der Waals surface area contributed by atoms with E-state index in [2.05, 4.69) is 10.3 Å². The monoisotopic (exact) mass is 266 g/mol. The number of methoxy groups -OCH3 is 1. The van der Waals surface area contributed by atoms with Crippen LogP contribution < -0.4 is 10.1 Å². The van der Waals surface area contributed by atoms with Crippen molar-refractivity contribution in [1.29, 1.82) is 0 Å². The van der Waals surface area contributed by atoms with Gasteiger partial charge in [-0.3, -0.25) is 4.79 Å². The molecule has 6 nitrogen and oxygen atoms in total. The highest BCUT2D eigenvalue weighted by atomic mass is 16.5. The fourth-order valence-corrected chi connectivity index (χ4v) is 1.50. The van der Waals surface area contributed by atoms with E-state index in [1.54, 1.807) is 26.8 Å². The van der Waals surface area contributed by atoms with Gasteiger partial charge < -0.3 is 15.2 Å². The first-order chi connectivity index (χ1) is 8.75. The molecule has 1 unspecified atom stereocenters. The minimum atomic E-state index is -1.07. The summed E-state index contributed by atoms with van der Waals surface area (Å²) in [7, 11) is 1.47. The van der Waals surface area contributed by atoms with Gasteiger partial charge in [-0.2, -0.15) is 0 Å². The number of hydrogen-bond acceptors (Lipinski definition) is 4. The molecule has 0 aromatic carbocycles. The molecule has 0 aliphatic carbocycles. The number of carboxylic acid groups (broad SMARTS) is 1. The number of aliphatic carboxylic acids is 1. The lowest BCUT2D eigenvalue weighted by Crippen LogP contribution is -2.49. The summed E-state index contributed by atoms with van der Waals surface area (Å²) in [5.41, 5.74) is -0.294. The number of pyridine rings is 1. The number of hydrogen-bond donors (Lipinski definition) is 2. The fourth-order valence-electron chi connectivity index (χ4n) is 1.50. The first-order valence-electron chi connectivity index (χ1n) is 5.79. The maximum absolute atomic E-state index is 12.0. The van der Waals surface area contributed by atoms with Crippen LogP contribution in [0.15, 0.2) is 18.3 Å². The van der Waals surface area contributed by atoms with E-state index in [1.165, 1.54) is 19.4 Å². The Balaban J connectivity index is 2.85. The largest absolute Gasteiger partial charge is 0.481 e. The summed E-state index contributed by atoms with van der Waals surface area (Å²) in [5, 5.41) is 11.6. The van der Waals surface area contributed by atoms with Crippen molar-refractivity contribution >= 4 is 11.9 Å². The van der Waals surface area contributed by atoms with Gasteiger partial charge in [0.25, 0.3) is 5.91 Å². The second-order valence-corrected chi connectivity index (χ2v) is 5.20. The van der Waals surface area contributed by atoms with Gasteiger partial charge in [0.05, 0.1) is 12.7 Å². The highest BCUT2D eigenvalue weighted by molar-refractivity contribution is 5.96. The lowest BCUT2D eigenvalue weighted by Gasteiger charge is -2.27. The van der Waals surface area contributed by atoms with Gasteiger partial charge in [0.15, 0.2) is 0 Å². The first kappa shape index (κ1) is 14.9. The van der Waals surface area contributed by atoms with Crippen LogP contribution in [0.4, 0.5) is 0 Å². The van der Waals surface area contributed by atoms with Crippen molar-refractivity contribution in [2.24, 2.45) is 5.41 Å². The van der Waals surface area contributed by atoms with E-state index in [0.29, 0.717) is 5.88 Å². The van der Waals surface area contributed by atoms with Gasteiger partial charge >= 0.3 is 5.97 Å². The Morgan fingerprint density at radius 3 is 2.37 bits per heavy atom. The molecule has 2 N–H and O–H groups in total. The number of carboxylic acids is 1. The van der Waals surface area contributed by atoms with Crippen molar-refractivity contribution in [3.63, 3.8) is 0 Å². The number of amides is 1. The zero-order valence-electron chi connectivity index (χ0n) is 11.4. The summed E-state index contributed by atoms with van der Waals surface area (Å²) in [6.45, 7) is 5.25. The second-order valence-electron chi connectivity index (χ2n) is 5.20. The summed E-state index contributed by atoms with van der Waals surface area (Å²) in [6.07, 6.45) is 1.34. The number of nitrogens with zero attached hydrogens (tertiary/aromatic N) is 1. The minimum Gasteiger partial charge on any atom is -0.481 e. The van der Waals surface area contributed by atoms with Crippen molar-refractivity contribution in [2.45, 2.75) is 26.8 Å². The topological polar surface area (TPSA) is 88.5 Å². The molecule has 0 fully saturated rings. The molecule has 1 heterocycles. The molecule has 0 spiro atoms. The Bertz CT molecular complexity index is 463. The van der Waals surface area contributed by atoms with Crippen molar-refractivity contribution in [3.8, 4) is 5.88 Å². The standard InChI is InChI=1S/C13H18N2O4/c1-13(2,3)10(12(17)18)15-11(16)8-5-6-9(19-4)14-7-8/h5-7,10H,1-4H3,(H,15,16)(H,17,18). The molecule has 104 valence electrons. The quantitative estimate of drug-likeness (QED) is 0.858. The number of carbonyl (C=O) groups excluding carboxylic acids is 1. The SMILES string of the molecule is COc1ccc(C(=O)NC(C(=O)O)C(C)(C)C)cn1. The van der Waals surface area contributed by atoms with E-state index in [4.69, 9.17) is 9.84 Å². The van der Waals surface area contributed by atoms with Crippen molar-refractivity contribution < 1.29 is 19.4 Å².